The molecule has 0 saturated heterocycles. The van der Waals surface area contributed by atoms with Crippen molar-refractivity contribution >= 4 is 38.6 Å². The highest BCUT2D eigenvalue weighted by atomic mass is 79.9. The number of nitrogens with zero attached hydrogens (tertiary/aromatic N) is 2. The lowest BCUT2D eigenvalue weighted by molar-refractivity contribution is 0.0847. The Balaban J connectivity index is 1.65. The molecule has 4 rings (SSSR count). The number of benzene rings is 2. The van der Waals surface area contributed by atoms with Gasteiger partial charge in [-0.05, 0) is 52.3 Å². The van der Waals surface area contributed by atoms with Gasteiger partial charge in [-0.25, -0.2) is 4.98 Å². The van der Waals surface area contributed by atoms with E-state index in [-0.39, 0.29) is 0 Å². The van der Waals surface area contributed by atoms with Crippen LogP contribution in [-0.4, -0.2) is 21.8 Å². The molecule has 29 heavy (non-hydrogen) atoms. The number of carbonyl (C=O) groups excluding carboxylic acids is 2. The predicted octanol–water partition coefficient (Wildman–Crippen LogP) is 4.13. The normalized spacial score (nSPS) is 10.5. The van der Waals surface area contributed by atoms with Gasteiger partial charge in [-0.15, -0.1) is 0 Å². The van der Waals surface area contributed by atoms with Crippen LogP contribution in [0, 0.1) is 0 Å². The molecule has 0 aliphatic carbocycles. The van der Waals surface area contributed by atoms with Crippen LogP contribution < -0.4 is 10.9 Å². The van der Waals surface area contributed by atoms with Crippen molar-refractivity contribution in [2.75, 3.05) is 0 Å². The zero-order valence-corrected chi connectivity index (χ0v) is 16.7. The van der Waals surface area contributed by atoms with E-state index in [1.165, 1.54) is 0 Å². The molecule has 0 saturated carbocycles. The Kier molecular flexibility index (Phi) is 5.31. The lowest BCUT2D eigenvalue weighted by Crippen LogP contribution is -2.41. The van der Waals surface area contributed by atoms with E-state index in [1.807, 2.05) is 42.5 Å². The van der Waals surface area contributed by atoms with Crippen LogP contribution in [0.1, 0.15) is 20.7 Å². The Hall–Kier alpha value is -3.58. The smallest absolute Gasteiger partial charge is 0.267 e. The number of halogens is 1. The molecule has 2 aromatic carbocycles. The molecule has 0 fully saturated rings. The predicted molar refractivity (Wildman–Crippen MR) is 114 cm³/mol. The van der Waals surface area contributed by atoms with E-state index in [1.54, 1.807) is 36.7 Å². The third-order valence-electron chi connectivity index (χ3n) is 4.34. The Bertz CT molecular complexity index is 1210. The van der Waals surface area contributed by atoms with Gasteiger partial charge < -0.3 is 0 Å². The molecule has 7 heteroatoms. The molecule has 6 nitrogen and oxygen atoms in total. The third kappa shape index (κ3) is 4.00. The highest BCUT2D eigenvalue weighted by molar-refractivity contribution is 9.10. The second kappa shape index (κ2) is 8.20. The van der Waals surface area contributed by atoms with Crippen LogP contribution in [0.25, 0.3) is 22.2 Å². The molecule has 2 N–H and O–H groups in total. The molecule has 0 aliphatic rings. The molecule has 142 valence electrons. The number of rotatable bonds is 3. The topological polar surface area (TPSA) is 84.0 Å². The summed E-state index contributed by atoms with van der Waals surface area (Å²) in [5.41, 5.74) is 7.97. The second-order valence-corrected chi connectivity index (χ2v) is 7.05. The molecule has 0 unspecified atom stereocenters. The van der Waals surface area contributed by atoms with Crippen LogP contribution in [0.2, 0.25) is 0 Å². The van der Waals surface area contributed by atoms with E-state index in [2.05, 4.69) is 36.7 Å². The van der Waals surface area contributed by atoms with Crippen LogP contribution in [0.15, 0.2) is 83.6 Å². The maximum atomic E-state index is 12.9. The Morgan fingerprint density at radius 2 is 1.45 bits per heavy atom. The van der Waals surface area contributed by atoms with E-state index in [0.29, 0.717) is 32.2 Å². The molecule has 0 spiro atoms. The van der Waals surface area contributed by atoms with Crippen LogP contribution in [-0.2, 0) is 0 Å². The Morgan fingerprint density at radius 3 is 2.21 bits per heavy atom. The summed E-state index contributed by atoms with van der Waals surface area (Å²) in [5.74, 6) is -0.849. The lowest BCUT2D eigenvalue weighted by Gasteiger charge is -2.12. The van der Waals surface area contributed by atoms with Crippen molar-refractivity contribution in [2.24, 2.45) is 0 Å². The fourth-order valence-electron chi connectivity index (χ4n) is 2.93. The highest BCUT2D eigenvalue weighted by Gasteiger charge is 2.16. The van der Waals surface area contributed by atoms with E-state index in [0.717, 1.165) is 5.56 Å². The molecule has 0 aliphatic heterocycles. The number of aromatic nitrogens is 2. The van der Waals surface area contributed by atoms with Gasteiger partial charge in [0.05, 0.1) is 22.3 Å². The minimum absolute atomic E-state index is 0.412. The standard InChI is InChI=1S/C22H15BrN4O2/c23-18-7-3-1-6-16(18)21(28)26-27-22(29)17-13-20(14-9-11-24-12-10-14)25-19-8-4-2-5-15(17)19/h1-13H,(H,26,28)(H,27,29). The molecule has 2 aromatic heterocycles. The number of pyridine rings is 2. The van der Waals surface area contributed by atoms with Gasteiger partial charge in [0.15, 0.2) is 0 Å². The first kappa shape index (κ1) is 18.8. The zero-order valence-electron chi connectivity index (χ0n) is 15.1. The maximum absolute atomic E-state index is 12.9. The largest absolute Gasteiger partial charge is 0.270 e. The van der Waals surface area contributed by atoms with E-state index in [9.17, 15) is 9.59 Å². The van der Waals surface area contributed by atoms with Gasteiger partial charge in [-0.3, -0.25) is 25.4 Å². The van der Waals surface area contributed by atoms with Crippen molar-refractivity contribution in [1.82, 2.24) is 20.8 Å². The molecule has 0 bridgehead atoms. The summed E-state index contributed by atoms with van der Waals surface area (Å²) in [5, 5.41) is 0.693. The quantitative estimate of drug-likeness (QED) is 0.463. The molecular weight excluding hydrogens is 432 g/mol. The fraction of sp³-hybridized carbons (Fsp3) is 0. The van der Waals surface area contributed by atoms with Crippen molar-refractivity contribution in [1.29, 1.82) is 0 Å². The number of para-hydroxylation sites is 1. The summed E-state index contributed by atoms with van der Waals surface area (Å²) < 4.78 is 0.640. The fourth-order valence-corrected chi connectivity index (χ4v) is 3.39. The second-order valence-electron chi connectivity index (χ2n) is 6.20. The lowest BCUT2D eigenvalue weighted by atomic mass is 10.0. The highest BCUT2D eigenvalue weighted by Crippen LogP contribution is 2.24. The van der Waals surface area contributed by atoms with E-state index in [4.69, 9.17) is 0 Å². The molecule has 4 aromatic rings. The average Bonchev–Trinajstić information content (AvgIpc) is 2.77. The number of nitrogens with one attached hydrogen (secondary N) is 2. The first-order chi connectivity index (χ1) is 14.1. The van der Waals surface area contributed by atoms with Gasteiger partial charge in [-0.1, -0.05) is 30.3 Å². The van der Waals surface area contributed by atoms with E-state index >= 15 is 0 Å². The summed E-state index contributed by atoms with van der Waals surface area (Å²) in [6.45, 7) is 0. The van der Waals surface area contributed by atoms with Crippen molar-refractivity contribution < 1.29 is 9.59 Å². The van der Waals surface area contributed by atoms with Crippen LogP contribution in [0.3, 0.4) is 0 Å². The van der Waals surface area contributed by atoms with Crippen LogP contribution in [0.5, 0.6) is 0 Å². The Morgan fingerprint density at radius 1 is 0.793 bits per heavy atom. The van der Waals surface area contributed by atoms with Crippen molar-refractivity contribution in [3.63, 3.8) is 0 Å². The summed E-state index contributed by atoms with van der Waals surface area (Å²) in [6.07, 6.45) is 3.34. The average molecular weight is 447 g/mol. The number of amides is 2. The van der Waals surface area contributed by atoms with Gasteiger partial charge in [-0.2, -0.15) is 0 Å². The summed E-state index contributed by atoms with van der Waals surface area (Å²) in [4.78, 5) is 33.9. The molecule has 2 heterocycles. The van der Waals surface area contributed by atoms with Crippen LogP contribution >= 0.6 is 15.9 Å². The van der Waals surface area contributed by atoms with Gasteiger partial charge in [0.25, 0.3) is 11.8 Å². The van der Waals surface area contributed by atoms with E-state index < -0.39 is 11.8 Å². The van der Waals surface area contributed by atoms with Gasteiger partial charge in [0.1, 0.15) is 0 Å². The van der Waals surface area contributed by atoms with Crippen molar-refractivity contribution in [3.8, 4) is 11.3 Å². The minimum atomic E-state index is -0.431. The first-order valence-corrected chi connectivity index (χ1v) is 9.58. The third-order valence-corrected chi connectivity index (χ3v) is 5.04. The number of carbonyl (C=O) groups is 2. The SMILES string of the molecule is O=C(NNC(=O)c1cc(-c2ccncc2)nc2ccccc12)c1ccccc1Br. The maximum Gasteiger partial charge on any atom is 0.270 e. The van der Waals surface area contributed by atoms with Gasteiger partial charge >= 0.3 is 0 Å². The number of hydrazine groups is 1. The minimum Gasteiger partial charge on any atom is -0.267 e. The summed E-state index contributed by atoms with van der Waals surface area (Å²) >= 11 is 3.33. The van der Waals surface area contributed by atoms with Gasteiger partial charge in [0.2, 0.25) is 0 Å². The first-order valence-electron chi connectivity index (χ1n) is 8.79. The zero-order chi connectivity index (χ0) is 20.2. The number of hydrogen-bond donors (Lipinski definition) is 2. The molecule has 2 amide bonds. The monoisotopic (exact) mass is 446 g/mol. The van der Waals surface area contributed by atoms with Gasteiger partial charge in [0, 0.05) is 27.8 Å². The van der Waals surface area contributed by atoms with Crippen molar-refractivity contribution in [2.45, 2.75) is 0 Å². The number of hydrogen-bond acceptors (Lipinski definition) is 4. The summed E-state index contributed by atoms with van der Waals surface area (Å²) in [7, 11) is 0. The number of fused-ring (bicyclic) bond motifs is 1. The Labute approximate surface area is 175 Å². The summed E-state index contributed by atoms with van der Waals surface area (Å²) in [6, 6.07) is 19.7. The molecular formula is C22H15BrN4O2. The van der Waals surface area contributed by atoms with Crippen LogP contribution in [0.4, 0.5) is 0 Å². The van der Waals surface area contributed by atoms with Crippen molar-refractivity contribution in [3.05, 3.63) is 94.7 Å². The molecule has 0 radical (unpaired) electrons. The molecule has 0 atom stereocenters.